The van der Waals surface area contributed by atoms with Crippen LogP contribution in [0.4, 0.5) is 0 Å². The van der Waals surface area contributed by atoms with E-state index in [0.717, 1.165) is 29.8 Å². The van der Waals surface area contributed by atoms with Crippen molar-refractivity contribution in [1.82, 2.24) is 9.97 Å². The van der Waals surface area contributed by atoms with Gasteiger partial charge in [-0.05, 0) is 63.4 Å². The lowest BCUT2D eigenvalue weighted by Gasteiger charge is -2.06. The van der Waals surface area contributed by atoms with Gasteiger partial charge in [-0.3, -0.25) is 9.97 Å². The van der Waals surface area contributed by atoms with Crippen LogP contribution in [-0.2, 0) is 13.0 Å². The second-order valence-electron chi connectivity index (χ2n) is 5.75. The number of aliphatic hydroxyl groups excluding tert-OH is 3. The van der Waals surface area contributed by atoms with Crippen molar-refractivity contribution in [3.8, 4) is 0 Å². The maximum absolute atomic E-state index is 9.05. The molecule has 0 spiro atoms. The van der Waals surface area contributed by atoms with E-state index in [9.17, 15) is 0 Å². The van der Waals surface area contributed by atoms with Crippen molar-refractivity contribution in [2.45, 2.75) is 40.2 Å². The van der Waals surface area contributed by atoms with Crippen molar-refractivity contribution >= 4 is 11.4 Å². The van der Waals surface area contributed by atoms with Gasteiger partial charge in [0.15, 0.2) is 0 Å². The van der Waals surface area contributed by atoms with E-state index in [1.165, 1.54) is 0 Å². The van der Waals surface area contributed by atoms with Gasteiger partial charge in [0.25, 0.3) is 0 Å². The van der Waals surface area contributed by atoms with Crippen LogP contribution in [0.5, 0.6) is 0 Å². The standard InChI is InChI=1S/C11H16N2O2.C8H10N2.CH4O/c1-8(12)11-6-9(7-15)5-10(13-11)3-2-4-14;1-6-4-3-5-8(10-6)7(2)9;1-2/h5-6,12,14-15H,2-4,7H2,1H3;3-5,9H,1-2H3;2H,1H3. The molecule has 0 radical (unpaired) electrons. The van der Waals surface area contributed by atoms with E-state index in [1.54, 1.807) is 19.9 Å². The summed E-state index contributed by atoms with van der Waals surface area (Å²) >= 11 is 0. The van der Waals surface area contributed by atoms with Crippen molar-refractivity contribution in [3.05, 3.63) is 58.7 Å². The number of aromatic nitrogens is 2. The zero-order valence-corrected chi connectivity index (χ0v) is 16.5. The molecule has 0 atom stereocenters. The summed E-state index contributed by atoms with van der Waals surface area (Å²) in [5.74, 6) is 0. The summed E-state index contributed by atoms with van der Waals surface area (Å²) in [6.45, 7) is 5.41. The minimum absolute atomic E-state index is 0.0467. The SMILES string of the molecule is CC(=N)c1cc(CO)cc(CCCO)n1.CC(=N)c1cccc(C)n1.CO. The van der Waals surface area contributed by atoms with E-state index < -0.39 is 0 Å². The minimum Gasteiger partial charge on any atom is -0.400 e. The zero-order valence-electron chi connectivity index (χ0n) is 16.5. The number of hydrogen-bond donors (Lipinski definition) is 5. The van der Waals surface area contributed by atoms with Gasteiger partial charge in [0.05, 0.1) is 29.4 Å². The molecule has 2 aromatic heterocycles. The van der Waals surface area contributed by atoms with E-state index in [0.29, 0.717) is 30.0 Å². The van der Waals surface area contributed by atoms with Gasteiger partial charge in [0.1, 0.15) is 0 Å². The van der Waals surface area contributed by atoms with Gasteiger partial charge < -0.3 is 26.1 Å². The molecule has 27 heavy (non-hydrogen) atoms. The highest BCUT2D eigenvalue weighted by atomic mass is 16.3. The molecule has 0 bridgehead atoms. The second-order valence-corrected chi connectivity index (χ2v) is 5.75. The highest BCUT2D eigenvalue weighted by Gasteiger charge is 2.04. The Hall–Kier alpha value is -2.48. The van der Waals surface area contributed by atoms with Gasteiger partial charge in [0.2, 0.25) is 0 Å². The van der Waals surface area contributed by atoms with Crippen LogP contribution >= 0.6 is 0 Å². The van der Waals surface area contributed by atoms with E-state index in [2.05, 4.69) is 9.97 Å². The second kappa shape index (κ2) is 13.7. The summed E-state index contributed by atoms with van der Waals surface area (Å²) < 4.78 is 0. The average molecular weight is 374 g/mol. The van der Waals surface area contributed by atoms with Crippen LogP contribution in [0.2, 0.25) is 0 Å². The first-order chi connectivity index (χ1) is 12.9. The molecule has 0 aromatic carbocycles. The topological polar surface area (TPSA) is 134 Å². The van der Waals surface area contributed by atoms with Crippen LogP contribution in [-0.4, -0.2) is 50.4 Å². The Morgan fingerprint density at radius 3 is 2.04 bits per heavy atom. The molecule has 0 aliphatic carbocycles. The molecule has 2 rings (SSSR count). The fourth-order valence-electron chi connectivity index (χ4n) is 2.07. The molecule has 0 amide bonds. The third-order valence-electron chi connectivity index (χ3n) is 3.37. The van der Waals surface area contributed by atoms with Crippen molar-refractivity contribution in [2.24, 2.45) is 0 Å². The maximum Gasteiger partial charge on any atom is 0.0841 e. The normalized spacial score (nSPS) is 9.44. The molecule has 0 fully saturated rings. The van der Waals surface area contributed by atoms with Gasteiger partial charge in [-0.15, -0.1) is 0 Å². The smallest absolute Gasteiger partial charge is 0.0841 e. The van der Waals surface area contributed by atoms with Crippen LogP contribution in [0.25, 0.3) is 0 Å². The van der Waals surface area contributed by atoms with Gasteiger partial charge >= 0.3 is 0 Å². The summed E-state index contributed by atoms with van der Waals surface area (Å²) in [6, 6.07) is 9.20. The Kier molecular flexibility index (Phi) is 12.4. The van der Waals surface area contributed by atoms with E-state index in [-0.39, 0.29) is 13.2 Å². The van der Waals surface area contributed by atoms with Crippen molar-refractivity contribution < 1.29 is 15.3 Å². The molecule has 0 unspecified atom stereocenters. The van der Waals surface area contributed by atoms with Crippen LogP contribution in [0.15, 0.2) is 30.3 Å². The lowest BCUT2D eigenvalue weighted by molar-refractivity contribution is 0.281. The van der Waals surface area contributed by atoms with Gasteiger partial charge in [0, 0.05) is 25.1 Å². The number of nitrogens with one attached hydrogen (secondary N) is 2. The zero-order chi connectivity index (χ0) is 20.8. The third kappa shape index (κ3) is 9.69. The predicted molar refractivity (Wildman–Crippen MR) is 108 cm³/mol. The molecular formula is C20H30N4O3. The van der Waals surface area contributed by atoms with Gasteiger partial charge in [-0.2, -0.15) is 0 Å². The fourth-order valence-corrected chi connectivity index (χ4v) is 2.07. The molecule has 2 heterocycles. The van der Waals surface area contributed by atoms with Crippen LogP contribution < -0.4 is 0 Å². The van der Waals surface area contributed by atoms with Gasteiger partial charge in [-0.1, -0.05) is 6.07 Å². The predicted octanol–water partition coefficient (Wildman–Crippen LogP) is 2.27. The molecule has 7 heteroatoms. The molecule has 148 valence electrons. The van der Waals surface area contributed by atoms with Crippen molar-refractivity contribution in [1.29, 1.82) is 10.8 Å². The summed E-state index contributed by atoms with van der Waals surface area (Å²) in [5, 5.41) is 39.5. The molecule has 5 N–H and O–H groups in total. The number of pyridine rings is 2. The highest BCUT2D eigenvalue weighted by molar-refractivity contribution is 5.94. The first-order valence-electron chi connectivity index (χ1n) is 8.58. The first kappa shape index (κ1) is 24.5. The Morgan fingerprint density at radius 1 is 0.963 bits per heavy atom. The van der Waals surface area contributed by atoms with E-state index in [4.69, 9.17) is 26.1 Å². The summed E-state index contributed by atoms with van der Waals surface area (Å²) in [6.07, 6.45) is 1.32. The Labute approximate surface area is 160 Å². The van der Waals surface area contributed by atoms with Crippen LogP contribution in [0, 0.1) is 17.7 Å². The Morgan fingerprint density at radius 2 is 1.59 bits per heavy atom. The monoisotopic (exact) mass is 374 g/mol. The molecule has 0 saturated carbocycles. The number of aliphatic hydroxyl groups is 3. The fraction of sp³-hybridized carbons (Fsp3) is 0.400. The number of hydrogen-bond acceptors (Lipinski definition) is 7. The van der Waals surface area contributed by atoms with Crippen LogP contribution in [0.1, 0.15) is 48.6 Å². The van der Waals surface area contributed by atoms with Crippen LogP contribution in [0.3, 0.4) is 0 Å². The summed E-state index contributed by atoms with van der Waals surface area (Å²) in [7, 11) is 1.00. The van der Waals surface area contributed by atoms with E-state index in [1.807, 2.05) is 31.2 Å². The van der Waals surface area contributed by atoms with Gasteiger partial charge in [-0.25, -0.2) is 0 Å². The largest absolute Gasteiger partial charge is 0.400 e. The minimum atomic E-state index is -0.0467. The third-order valence-corrected chi connectivity index (χ3v) is 3.37. The first-order valence-corrected chi connectivity index (χ1v) is 8.58. The number of rotatable bonds is 6. The lowest BCUT2D eigenvalue weighted by atomic mass is 10.1. The molecular weight excluding hydrogens is 344 g/mol. The summed E-state index contributed by atoms with van der Waals surface area (Å²) in [5.41, 5.74) is 4.80. The molecule has 2 aromatic rings. The van der Waals surface area contributed by atoms with E-state index >= 15 is 0 Å². The average Bonchev–Trinajstić information content (AvgIpc) is 2.68. The quantitative estimate of drug-likeness (QED) is 0.495. The molecule has 0 aliphatic heterocycles. The molecule has 0 aliphatic rings. The Balaban J connectivity index is 0.000000488. The Bertz CT molecular complexity index is 733. The molecule has 7 nitrogen and oxygen atoms in total. The molecule has 0 saturated heterocycles. The van der Waals surface area contributed by atoms with Crippen molar-refractivity contribution in [3.63, 3.8) is 0 Å². The summed E-state index contributed by atoms with van der Waals surface area (Å²) in [4.78, 5) is 8.42. The maximum atomic E-state index is 9.05. The number of nitrogens with zero attached hydrogens (tertiary/aromatic N) is 2. The lowest BCUT2D eigenvalue weighted by Crippen LogP contribution is -2.03. The number of aryl methyl sites for hydroxylation is 2. The van der Waals surface area contributed by atoms with Crippen molar-refractivity contribution in [2.75, 3.05) is 13.7 Å². The highest BCUT2D eigenvalue weighted by Crippen LogP contribution is 2.09.